The number of phenolic OH excluding ortho intramolecular Hbond substituents is 1. The van der Waals surface area contributed by atoms with Crippen LogP contribution in [0.4, 0.5) is 0 Å². The molecule has 0 fully saturated rings. The van der Waals surface area contributed by atoms with Crippen molar-refractivity contribution in [3.63, 3.8) is 0 Å². The van der Waals surface area contributed by atoms with Crippen LogP contribution in [0.2, 0.25) is 0 Å². The Morgan fingerprint density at radius 3 is 2.67 bits per heavy atom. The van der Waals surface area contributed by atoms with Crippen molar-refractivity contribution in [2.75, 3.05) is 13.0 Å². The summed E-state index contributed by atoms with van der Waals surface area (Å²) >= 11 is 1.45. The normalized spacial score (nSPS) is 10.7. The summed E-state index contributed by atoms with van der Waals surface area (Å²) in [6.45, 7) is 3.90. The topological polar surface area (TPSA) is 38.7 Å². The molecule has 15 heavy (non-hydrogen) atoms. The SMILES string of the molecule is COCSc1ccc(OC(C)C)cc1O. The Morgan fingerprint density at radius 1 is 1.40 bits per heavy atom. The van der Waals surface area contributed by atoms with Gasteiger partial charge in [-0.15, -0.1) is 0 Å². The van der Waals surface area contributed by atoms with Crippen LogP contribution in [0.25, 0.3) is 0 Å². The molecule has 0 heterocycles. The third-order valence-corrected chi connectivity index (χ3v) is 2.64. The first-order chi connectivity index (χ1) is 7.13. The summed E-state index contributed by atoms with van der Waals surface area (Å²) in [5.74, 6) is 1.44. The molecule has 1 aromatic rings. The van der Waals surface area contributed by atoms with Gasteiger partial charge in [-0.1, -0.05) is 11.8 Å². The van der Waals surface area contributed by atoms with E-state index >= 15 is 0 Å². The van der Waals surface area contributed by atoms with Gasteiger partial charge in [-0.05, 0) is 26.0 Å². The number of benzene rings is 1. The smallest absolute Gasteiger partial charge is 0.132 e. The highest BCUT2D eigenvalue weighted by molar-refractivity contribution is 7.99. The maximum absolute atomic E-state index is 9.67. The predicted octanol–water partition coefficient (Wildman–Crippen LogP) is 2.88. The third-order valence-electron chi connectivity index (χ3n) is 1.63. The zero-order valence-electron chi connectivity index (χ0n) is 9.19. The van der Waals surface area contributed by atoms with Crippen LogP contribution in [-0.2, 0) is 4.74 Å². The van der Waals surface area contributed by atoms with E-state index in [-0.39, 0.29) is 11.9 Å². The molecular formula is C11H16O3S. The van der Waals surface area contributed by atoms with Gasteiger partial charge < -0.3 is 14.6 Å². The van der Waals surface area contributed by atoms with Crippen molar-refractivity contribution in [2.45, 2.75) is 24.8 Å². The van der Waals surface area contributed by atoms with Gasteiger partial charge in [-0.3, -0.25) is 0 Å². The molecule has 4 heteroatoms. The van der Waals surface area contributed by atoms with Crippen LogP contribution in [-0.4, -0.2) is 24.3 Å². The number of hydrogen-bond acceptors (Lipinski definition) is 4. The molecule has 0 radical (unpaired) electrons. The highest BCUT2D eigenvalue weighted by atomic mass is 32.2. The quantitative estimate of drug-likeness (QED) is 0.621. The Balaban J connectivity index is 2.69. The lowest BCUT2D eigenvalue weighted by Crippen LogP contribution is -2.05. The molecule has 1 N–H and O–H groups in total. The van der Waals surface area contributed by atoms with Crippen LogP contribution >= 0.6 is 11.8 Å². The lowest BCUT2D eigenvalue weighted by atomic mass is 10.3. The molecule has 0 unspecified atom stereocenters. The van der Waals surface area contributed by atoms with E-state index in [0.717, 1.165) is 4.90 Å². The molecule has 0 saturated heterocycles. The molecule has 0 bridgehead atoms. The van der Waals surface area contributed by atoms with Crippen molar-refractivity contribution in [1.82, 2.24) is 0 Å². The van der Waals surface area contributed by atoms with Gasteiger partial charge in [0.05, 0.1) is 16.9 Å². The van der Waals surface area contributed by atoms with E-state index in [9.17, 15) is 5.11 Å². The molecule has 1 aromatic carbocycles. The van der Waals surface area contributed by atoms with Gasteiger partial charge in [-0.25, -0.2) is 0 Å². The van der Waals surface area contributed by atoms with E-state index in [1.54, 1.807) is 13.2 Å². The first-order valence-electron chi connectivity index (χ1n) is 4.75. The number of phenols is 1. The molecule has 0 amide bonds. The summed E-state index contributed by atoms with van der Waals surface area (Å²) in [7, 11) is 1.63. The van der Waals surface area contributed by atoms with E-state index in [0.29, 0.717) is 11.7 Å². The first kappa shape index (κ1) is 12.2. The second-order valence-electron chi connectivity index (χ2n) is 3.35. The molecule has 0 atom stereocenters. The monoisotopic (exact) mass is 228 g/mol. The average molecular weight is 228 g/mol. The van der Waals surface area contributed by atoms with Gasteiger partial charge >= 0.3 is 0 Å². The van der Waals surface area contributed by atoms with E-state index in [4.69, 9.17) is 9.47 Å². The number of aromatic hydroxyl groups is 1. The molecule has 0 aromatic heterocycles. The van der Waals surface area contributed by atoms with E-state index < -0.39 is 0 Å². The molecular weight excluding hydrogens is 212 g/mol. The number of rotatable bonds is 5. The molecule has 0 aliphatic carbocycles. The maximum atomic E-state index is 9.67. The fourth-order valence-corrected chi connectivity index (χ4v) is 1.70. The van der Waals surface area contributed by atoms with E-state index in [1.807, 2.05) is 26.0 Å². The van der Waals surface area contributed by atoms with E-state index in [1.165, 1.54) is 11.8 Å². The highest BCUT2D eigenvalue weighted by Gasteiger charge is 2.04. The zero-order chi connectivity index (χ0) is 11.3. The number of ether oxygens (including phenoxy) is 2. The molecule has 3 nitrogen and oxygen atoms in total. The minimum Gasteiger partial charge on any atom is -0.507 e. The van der Waals surface area contributed by atoms with Crippen molar-refractivity contribution in [3.05, 3.63) is 18.2 Å². The second kappa shape index (κ2) is 5.88. The summed E-state index contributed by atoms with van der Waals surface area (Å²) in [5, 5.41) is 9.67. The fourth-order valence-electron chi connectivity index (χ4n) is 1.09. The summed E-state index contributed by atoms with van der Waals surface area (Å²) < 4.78 is 10.4. The standard InChI is InChI=1S/C11H16O3S/c1-8(2)14-9-4-5-11(10(12)6-9)15-7-13-3/h4-6,8,12H,7H2,1-3H3. The van der Waals surface area contributed by atoms with Crippen molar-refractivity contribution in [3.8, 4) is 11.5 Å². The largest absolute Gasteiger partial charge is 0.507 e. The van der Waals surface area contributed by atoms with Crippen molar-refractivity contribution in [2.24, 2.45) is 0 Å². The minimum atomic E-state index is 0.113. The number of thioether (sulfide) groups is 1. The van der Waals surface area contributed by atoms with E-state index in [2.05, 4.69) is 0 Å². The van der Waals surface area contributed by atoms with Gasteiger partial charge in [0.25, 0.3) is 0 Å². The lowest BCUT2D eigenvalue weighted by molar-refractivity contribution is 0.241. The van der Waals surface area contributed by atoms with Gasteiger partial charge in [0, 0.05) is 13.2 Å². The average Bonchev–Trinajstić information content (AvgIpc) is 2.15. The van der Waals surface area contributed by atoms with Crippen LogP contribution in [0.15, 0.2) is 23.1 Å². The third kappa shape index (κ3) is 4.01. The van der Waals surface area contributed by atoms with Gasteiger partial charge in [0.15, 0.2) is 0 Å². The van der Waals surface area contributed by atoms with Crippen molar-refractivity contribution in [1.29, 1.82) is 0 Å². The minimum absolute atomic E-state index is 0.113. The second-order valence-corrected chi connectivity index (χ2v) is 4.31. The Kier molecular flexibility index (Phi) is 4.78. The van der Waals surface area contributed by atoms with Gasteiger partial charge in [-0.2, -0.15) is 0 Å². The Hall–Kier alpha value is -0.870. The zero-order valence-corrected chi connectivity index (χ0v) is 10.0. The highest BCUT2D eigenvalue weighted by Crippen LogP contribution is 2.31. The summed E-state index contributed by atoms with van der Waals surface area (Å²) in [5.41, 5.74) is 0. The first-order valence-corrected chi connectivity index (χ1v) is 5.73. The molecule has 0 saturated carbocycles. The van der Waals surface area contributed by atoms with Crippen molar-refractivity contribution >= 4 is 11.8 Å². The van der Waals surface area contributed by atoms with Crippen LogP contribution in [0.3, 0.4) is 0 Å². The number of hydrogen-bond donors (Lipinski definition) is 1. The molecule has 0 aliphatic heterocycles. The van der Waals surface area contributed by atoms with Gasteiger partial charge in [0.1, 0.15) is 11.5 Å². The molecule has 84 valence electrons. The van der Waals surface area contributed by atoms with Crippen LogP contribution in [0.1, 0.15) is 13.8 Å². The Morgan fingerprint density at radius 2 is 2.13 bits per heavy atom. The Bertz CT molecular complexity index is 313. The summed E-state index contributed by atoms with van der Waals surface area (Å²) in [6.07, 6.45) is 0.113. The van der Waals surface area contributed by atoms with Crippen molar-refractivity contribution < 1.29 is 14.6 Å². The Labute approximate surface area is 94.4 Å². The molecule has 0 spiro atoms. The number of methoxy groups -OCH3 is 1. The maximum Gasteiger partial charge on any atom is 0.132 e. The van der Waals surface area contributed by atoms with Crippen LogP contribution in [0, 0.1) is 0 Å². The lowest BCUT2D eigenvalue weighted by Gasteiger charge is -2.11. The van der Waals surface area contributed by atoms with Gasteiger partial charge in [0.2, 0.25) is 0 Å². The molecule has 1 rings (SSSR count). The summed E-state index contributed by atoms with van der Waals surface area (Å²) in [4.78, 5) is 0.799. The summed E-state index contributed by atoms with van der Waals surface area (Å²) in [6, 6.07) is 5.30. The fraction of sp³-hybridized carbons (Fsp3) is 0.455. The van der Waals surface area contributed by atoms with Crippen LogP contribution < -0.4 is 4.74 Å². The van der Waals surface area contributed by atoms with Crippen LogP contribution in [0.5, 0.6) is 11.5 Å². The predicted molar refractivity (Wildman–Crippen MR) is 61.6 cm³/mol. The molecule has 0 aliphatic rings.